The van der Waals surface area contributed by atoms with Crippen molar-refractivity contribution in [2.24, 2.45) is 0 Å². The largest absolute Gasteiger partial charge is 0.291 e. The zero-order valence-electron chi connectivity index (χ0n) is 7.35. The van der Waals surface area contributed by atoms with Crippen LogP contribution < -0.4 is 0 Å². The molecule has 1 aromatic heterocycles. The quantitative estimate of drug-likeness (QED) is 0.459. The van der Waals surface area contributed by atoms with Crippen molar-refractivity contribution in [2.45, 2.75) is 11.8 Å². The summed E-state index contributed by atoms with van der Waals surface area (Å²) in [7, 11) is 0. The number of nitrogens with zero attached hydrogens (tertiary/aromatic N) is 1. The summed E-state index contributed by atoms with van der Waals surface area (Å²) < 4.78 is 0.727. The molecular formula is C9H7NO2S2. The number of nitro groups is 1. The third-order valence-corrected chi connectivity index (χ3v) is 3.53. The lowest BCUT2D eigenvalue weighted by Gasteiger charge is -2.01. The van der Waals surface area contributed by atoms with Crippen LogP contribution in [0, 0.1) is 17.0 Å². The number of nitro benzene ring substituents is 1. The van der Waals surface area contributed by atoms with Crippen LogP contribution in [0.4, 0.5) is 5.69 Å². The van der Waals surface area contributed by atoms with Gasteiger partial charge in [0.2, 0.25) is 0 Å². The highest BCUT2D eigenvalue weighted by molar-refractivity contribution is 7.80. The highest BCUT2D eigenvalue weighted by atomic mass is 32.1. The van der Waals surface area contributed by atoms with E-state index in [0.29, 0.717) is 10.5 Å². The Hall–Kier alpha value is -1.07. The molecule has 0 fully saturated rings. The Morgan fingerprint density at radius 1 is 1.57 bits per heavy atom. The van der Waals surface area contributed by atoms with Gasteiger partial charge < -0.3 is 0 Å². The van der Waals surface area contributed by atoms with Gasteiger partial charge in [-0.3, -0.25) is 10.1 Å². The van der Waals surface area contributed by atoms with Gasteiger partial charge in [0.05, 0.1) is 4.92 Å². The minimum absolute atomic E-state index is 0.183. The minimum Gasteiger partial charge on any atom is -0.258 e. The van der Waals surface area contributed by atoms with E-state index in [0.717, 1.165) is 10.1 Å². The van der Waals surface area contributed by atoms with Gasteiger partial charge >= 0.3 is 0 Å². The number of fused-ring (bicyclic) bond motifs is 1. The van der Waals surface area contributed by atoms with Crippen LogP contribution in [-0.4, -0.2) is 4.92 Å². The molecule has 0 atom stereocenters. The second-order valence-corrected chi connectivity index (χ2v) is 4.36. The fraction of sp³-hybridized carbons (Fsp3) is 0.111. The topological polar surface area (TPSA) is 43.1 Å². The minimum atomic E-state index is -0.339. The highest BCUT2D eigenvalue weighted by Gasteiger charge is 2.18. The first-order valence-corrected chi connectivity index (χ1v) is 5.28. The van der Waals surface area contributed by atoms with Crippen molar-refractivity contribution in [3.05, 3.63) is 33.2 Å². The van der Waals surface area contributed by atoms with Crippen LogP contribution in [-0.2, 0) is 0 Å². The van der Waals surface area contributed by atoms with E-state index >= 15 is 0 Å². The summed E-state index contributed by atoms with van der Waals surface area (Å²) in [5, 5.41) is 13.6. The molecular weight excluding hydrogens is 218 g/mol. The van der Waals surface area contributed by atoms with Crippen LogP contribution in [0.15, 0.2) is 22.4 Å². The van der Waals surface area contributed by atoms with Crippen molar-refractivity contribution in [2.75, 3.05) is 0 Å². The van der Waals surface area contributed by atoms with Crippen LogP contribution in [0.3, 0.4) is 0 Å². The summed E-state index contributed by atoms with van der Waals surface area (Å²) in [5.41, 5.74) is 0.816. The molecule has 2 rings (SSSR count). The molecule has 0 N–H and O–H groups in total. The van der Waals surface area contributed by atoms with Crippen molar-refractivity contribution in [3.63, 3.8) is 0 Å². The SMILES string of the molecule is Cc1c(S)cc2ccsc2c1[N+](=O)[O-]. The number of rotatable bonds is 1. The van der Waals surface area contributed by atoms with Crippen molar-refractivity contribution in [1.29, 1.82) is 0 Å². The summed E-state index contributed by atoms with van der Waals surface area (Å²) in [5.74, 6) is 0. The van der Waals surface area contributed by atoms with Crippen LogP contribution >= 0.6 is 24.0 Å². The van der Waals surface area contributed by atoms with Crippen LogP contribution in [0.5, 0.6) is 0 Å². The molecule has 0 saturated heterocycles. The Morgan fingerprint density at radius 3 is 2.93 bits per heavy atom. The van der Waals surface area contributed by atoms with Crippen LogP contribution in [0.2, 0.25) is 0 Å². The zero-order valence-corrected chi connectivity index (χ0v) is 9.06. The molecule has 0 saturated carbocycles. The highest BCUT2D eigenvalue weighted by Crippen LogP contribution is 2.36. The van der Waals surface area contributed by atoms with E-state index in [2.05, 4.69) is 12.6 Å². The number of benzene rings is 1. The summed E-state index contributed by atoms with van der Waals surface area (Å²) >= 11 is 5.60. The monoisotopic (exact) mass is 225 g/mol. The maximum atomic E-state index is 10.9. The van der Waals surface area contributed by atoms with E-state index in [-0.39, 0.29) is 10.6 Å². The predicted molar refractivity (Wildman–Crippen MR) is 60.5 cm³/mol. The van der Waals surface area contributed by atoms with E-state index in [1.54, 1.807) is 6.92 Å². The Balaban J connectivity index is 2.93. The number of thiophene rings is 1. The van der Waals surface area contributed by atoms with Gasteiger partial charge in [-0.05, 0) is 24.4 Å². The lowest BCUT2D eigenvalue weighted by atomic mass is 10.1. The van der Waals surface area contributed by atoms with Crippen molar-refractivity contribution < 1.29 is 4.92 Å². The molecule has 3 nitrogen and oxygen atoms in total. The van der Waals surface area contributed by atoms with Gasteiger partial charge in [-0.2, -0.15) is 0 Å². The predicted octanol–water partition coefficient (Wildman–Crippen LogP) is 3.41. The second kappa shape index (κ2) is 3.25. The molecule has 2 aromatic rings. The average Bonchev–Trinajstić information content (AvgIpc) is 2.52. The summed E-state index contributed by atoms with van der Waals surface area (Å²) in [4.78, 5) is 11.2. The van der Waals surface area contributed by atoms with Crippen LogP contribution in [0.25, 0.3) is 10.1 Å². The van der Waals surface area contributed by atoms with Gasteiger partial charge in [-0.15, -0.1) is 24.0 Å². The normalized spacial score (nSPS) is 10.7. The van der Waals surface area contributed by atoms with Crippen LogP contribution in [0.1, 0.15) is 5.56 Å². The fourth-order valence-electron chi connectivity index (χ4n) is 1.39. The third kappa shape index (κ3) is 1.29. The van der Waals surface area contributed by atoms with E-state index in [1.807, 2.05) is 17.5 Å². The molecule has 0 spiro atoms. The summed E-state index contributed by atoms with van der Waals surface area (Å²) in [6.07, 6.45) is 0. The first kappa shape index (κ1) is 9.48. The molecule has 0 unspecified atom stereocenters. The van der Waals surface area contributed by atoms with Crippen molar-refractivity contribution >= 4 is 39.7 Å². The Labute approximate surface area is 89.9 Å². The number of hydrogen-bond donors (Lipinski definition) is 1. The maximum absolute atomic E-state index is 10.9. The van der Waals surface area contributed by atoms with Gasteiger partial charge in [0.15, 0.2) is 0 Å². The zero-order chi connectivity index (χ0) is 10.3. The molecule has 0 radical (unpaired) electrons. The molecule has 14 heavy (non-hydrogen) atoms. The average molecular weight is 225 g/mol. The van der Waals surface area contributed by atoms with E-state index < -0.39 is 0 Å². The molecule has 0 bridgehead atoms. The lowest BCUT2D eigenvalue weighted by molar-refractivity contribution is -0.383. The molecule has 1 heterocycles. The molecule has 0 aliphatic carbocycles. The van der Waals surface area contributed by atoms with E-state index in [9.17, 15) is 10.1 Å². The Kier molecular flexibility index (Phi) is 2.20. The first-order chi connectivity index (χ1) is 6.61. The standard InChI is InChI=1S/C9H7NO2S2/c1-5-7(13)4-6-2-3-14-9(6)8(5)10(11)12/h2-4,13H,1H3. The van der Waals surface area contributed by atoms with Crippen molar-refractivity contribution in [1.82, 2.24) is 0 Å². The molecule has 0 aliphatic heterocycles. The number of thiol groups is 1. The smallest absolute Gasteiger partial charge is 0.258 e. The Bertz CT molecular complexity index is 519. The van der Waals surface area contributed by atoms with Gasteiger partial charge in [-0.25, -0.2) is 0 Å². The third-order valence-electron chi connectivity index (χ3n) is 2.12. The Morgan fingerprint density at radius 2 is 2.29 bits per heavy atom. The van der Waals surface area contributed by atoms with E-state index in [1.165, 1.54) is 11.3 Å². The molecule has 0 aliphatic rings. The summed E-state index contributed by atoms with van der Waals surface area (Å²) in [6.45, 7) is 1.72. The maximum Gasteiger partial charge on any atom is 0.291 e. The summed E-state index contributed by atoms with van der Waals surface area (Å²) in [6, 6.07) is 3.73. The first-order valence-electron chi connectivity index (χ1n) is 3.95. The van der Waals surface area contributed by atoms with Crippen molar-refractivity contribution in [3.8, 4) is 0 Å². The van der Waals surface area contributed by atoms with Gasteiger partial charge in [0.25, 0.3) is 5.69 Å². The lowest BCUT2D eigenvalue weighted by Crippen LogP contribution is -1.92. The second-order valence-electron chi connectivity index (χ2n) is 2.97. The van der Waals surface area contributed by atoms with Gasteiger partial charge in [-0.1, -0.05) is 0 Å². The number of hydrogen-bond acceptors (Lipinski definition) is 4. The molecule has 1 aromatic carbocycles. The van der Waals surface area contributed by atoms with E-state index in [4.69, 9.17) is 0 Å². The molecule has 5 heteroatoms. The van der Waals surface area contributed by atoms with Gasteiger partial charge in [0, 0.05) is 15.8 Å². The molecule has 72 valence electrons. The fourth-order valence-corrected chi connectivity index (χ4v) is 2.59. The molecule has 0 amide bonds. The van der Waals surface area contributed by atoms with Gasteiger partial charge in [0.1, 0.15) is 4.70 Å².